The van der Waals surface area contributed by atoms with Gasteiger partial charge in [0.15, 0.2) is 10.8 Å². The molecule has 0 bridgehead atoms. The third-order valence-corrected chi connectivity index (χ3v) is 6.36. The van der Waals surface area contributed by atoms with Crippen molar-refractivity contribution >= 4 is 34.9 Å². The Morgan fingerprint density at radius 3 is 2.81 bits per heavy atom. The lowest BCUT2D eigenvalue weighted by atomic mass is 9.78. The smallest absolute Gasteiger partial charge is 0.352 e. The maximum absolute atomic E-state index is 13.0. The van der Waals surface area contributed by atoms with Gasteiger partial charge < -0.3 is 5.32 Å². The van der Waals surface area contributed by atoms with Gasteiger partial charge in [0.1, 0.15) is 0 Å². The van der Waals surface area contributed by atoms with E-state index in [1.165, 1.54) is 4.40 Å². The number of rotatable bonds is 4. The molecule has 0 saturated heterocycles. The summed E-state index contributed by atoms with van der Waals surface area (Å²) < 4.78 is 40.2. The first kappa shape index (κ1) is 20.3. The number of pyridine rings is 1. The molecular weight excluding hydrogens is 401 g/mol. The molecule has 148 valence electrons. The van der Waals surface area contributed by atoms with Crippen molar-refractivity contribution in [2.24, 2.45) is 11.8 Å². The Balaban J connectivity index is 1.70. The molecule has 1 aliphatic rings. The minimum Gasteiger partial charge on any atom is -0.352 e. The highest BCUT2D eigenvalue weighted by Crippen LogP contribution is 2.33. The zero-order chi connectivity index (χ0) is 19.8. The summed E-state index contributed by atoms with van der Waals surface area (Å²) >= 11 is 6.93. The Bertz CT molecular complexity index is 841. The Kier molecular flexibility index (Phi) is 5.90. The molecule has 0 aliphatic heterocycles. The summed E-state index contributed by atoms with van der Waals surface area (Å²) in [6.45, 7) is 4.32. The summed E-state index contributed by atoms with van der Waals surface area (Å²) in [6, 6.07) is 0.946. The van der Waals surface area contributed by atoms with E-state index in [1.807, 2.05) is 0 Å². The summed E-state index contributed by atoms with van der Waals surface area (Å²) in [4.78, 5) is 12.3. The molecule has 1 fully saturated rings. The fraction of sp³-hybridized carbons (Fsp3) is 0.588. The molecule has 1 N–H and O–H groups in total. The lowest BCUT2D eigenvalue weighted by Gasteiger charge is -2.34. The average Bonchev–Trinajstić information content (AvgIpc) is 3.00. The second-order valence-electron chi connectivity index (χ2n) is 6.98. The van der Waals surface area contributed by atoms with E-state index in [0.717, 1.165) is 43.3 Å². The largest absolute Gasteiger partial charge is 0.417 e. The first-order valence-electron chi connectivity index (χ1n) is 8.70. The number of aromatic nitrogens is 3. The maximum atomic E-state index is 13.0. The van der Waals surface area contributed by atoms with Crippen LogP contribution in [-0.4, -0.2) is 32.3 Å². The molecule has 27 heavy (non-hydrogen) atoms. The molecular formula is C17H20ClF3N4OS. The van der Waals surface area contributed by atoms with Gasteiger partial charge in [-0.25, -0.2) is 0 Å². The van der Waals surface area contributed by atoms with Crippen LogP contribution < -0.4 is 5.32 Å². The van der Waals surface area contributed by atoms with E-state index in [9.17, 15) is 18.0 Å². The van der Waals surface area contributed by atoms with Gasteiger partial charge in [-0.3, -0.25) is 9.20 Å². The number of alkyl halides is 3. The van der Waals surface area contributed by atoms with Gasteiger partial charge in [-0.15, -0.1) is 10.2 Å². The van der Waals surface area contributed by atoms with Gasteiger partial charge >= 0.3 is 6.18 Å². The predicted molar refractivity (Wildman–Crippen MR) is 97.8 cm³/mol. The standard InChI is InChI=1S/C17H20ClF3N4OS/c1-9-4-3-5-13(10(9)2)22-14(26)8-27-16-24-23-15-12(18)6-11(7-25(15)16)17(19,20)21/h6-7,9-10,13H,3-5,8H2,1-2H3,(H,22,26). The number of carbonyl (C=O) groups is 1. The molecule has 1 amide bonds. The van der Waals surface area contributed by atoms with Crippen molar-refractivity contribution in [1.82, 2.24) is 19.9 Å². The van der Waals surface area contributed by atoms with E-state index >= 15 is 0 Å². The Morgan fingerprint density at radius 1 is 1.37 bits per heavy atom. The van der Waals surface area contributed by atoms with Gasteiger partial charge in [0, 0.05) is 12.2 Å². The van der Waals surface area contributed by atoms with Crippen LogP contribution in [0.4, 0.5) is 13.2 Å². The lowest BCUT2D eigenvalue weighted by Crippen LogP contribution is -2.44. The molecule has 2 aromatic rings. The van der Waals surface area contributed by atoms with E-state index in [2.05, 4.69) is 29.4 Å². The highest BCUT2D eigenvalue weighted by molar-refractivity contribution is 7.99. The summed E-state index contributed by atoms with van der Waals surface area (Å²) in [5.41, 5.74) is -0.765. The SMILES string of the molecule is CC1CCCC(NC(=O)CSc2nnc3c(Cl)cc(C(F)(F)F)cn23)C1C. The number of fused-ring (bicyclic) bond motifs is 1. The van der Waals surface area contributed by atoms with Crippen LogP contribution in [-0.2, 0) is 11.0 Å². The summed E-state index contributed by atoms with van der Waals surface area (Å²) in [5.74, 6) is 0.835. The second kappa shape index (κ2) is 7.87. The Labute approximate surface area is 164 Å². The molecule has 0 spiro atoms. The first-order valence-corrected chi connectivity index (χ1v) is 10.1. The van der Waals surface area contributed by atoms with Crippen LogP contribution in [0, 0.1) is 11.8 Å². The normalized spacial score (nSPS) is 23.6. The lowest BCUT2D eigenvalue weighted by molar-refractivity contribution is -0.137. The van der Waals surface area contributed by atoms with Crippen LogP contribution in [0.1, 0.15) is 38.7 Å². The number of amides is 1. The zero-order valence-electron chi connectivity index (χ0n) is 14.9. The third kappa shape index (κ3) is 4.51. The molecule has 3 unspecified atom stereocenters. The number of halogens is 4. The number of nitrogens with one attached hydrogen (secondary N) is 1. The van der Waals surface area contributed by atoms with Gasteiger partial charge in [-0.05, 0) is 24.3 Å². The number of hydrogen-bond acceptors (Lipinski definition) is 4. The van der Waals surface area contributed by atoms with Crippen molar-refractivity contribution in [2.45, 2.75) is 50.5 Å². The van der Waals surface area contributed by atoms with E-state index in [-0.39, 0.29) is 33.5 Å². The fourth-order valence-corrected chi connectivity index (χ4v) is 4.32. The molecule has 10 heteroatoms. The molecule has 3 atom stereocenters. The van der Waals surface area contributed by atoms with Gasteiger partial charge in [0.2, 0.25) is 5.91 Å². The van der Waals surface area contributed by atoms with Gasteiger partial charge in [-0.1, -0.05) is 50.1 Å². The number of hydrogen-bond donors (Lipinski definition) is 1. The van der Waals surface area contributed by atoms with E-state index in [4.69, 9.17) is 11.6 Å². The van der Waals surface area contributed by atoms with Gasteiger partial charge in [0.25, 0.3) is 0 Å². The van der Waals surface area contributed by atoms with Crippen molar-refractivity contribution in [3.8, 4) is 0 Å². The highest BCUT2D eigenvalue weighted by Gasteiger charge is 2.32. The van der Waals surface area contributed by atoms with E-state index in [0.29, 0.717) is 11.8 Å². The third-order valence-electron chi connectivity index (χ3n) is 5.14. The molecule has 1 saturated carbocycles. The highest BCUT2D eigenvalue weighted by atomic mass is 35.5. The van der Waals surface area contributed by atoms with Crippen LogP contribution >= 0.6 is 23.4 Å². The van der Waals surface area contributed by atoms with Crippen LogP contribution in [0.3, 0.4) is 0 Å². The molecule has 2 aromatic heterocycles. The number of carbonyl (C=O) groups excluding carboxylic acids is 1. The summed E-state index contributed by atoms with van der Waals surface area (Å²) in [5, 5.41) is 10.8. The van der Waals surface area contributed by atoms with Gasteiger partial charge in [-0.2, -0.15) is 13.2 Å². The van der Waals surface area contributed by atoms with E-state index in [1.54, 1.807) is 0 Å². The average molecular weight is 421 g/mol. The molecule has 5 nitrogen and oxygen atoms in total. The molecule has 0 aromatic carbocycles. The van der Waals surface area contributed by atoms with Crippen LogP contribution in [0.25, 0.3) is 5.65 Å². The first-order chi connectivity index (χ1) is 12.7. The zero-order valence-corrected chi connectivity index (χ0v) is 16.5. The number of nitrogens with zero attached hydrogens (tertiary/aromatic N) is 3. The van der Waals surface area contributed by atoms with E-state index < -0.39 is 11.7 Å². The van der Waals surface area contributed by atoms with Crippen LogP contribution in [0.5, 0.6) is 0 Å². The Morgan fingerprint density at radius 2 is 2.11 bits per heavy atom. The molecule has 1 aliphatic carbocycles. The summed E-state index contributed by atoms with van der Waals surface area (Å²) in [7, 11) is 0. The second-order valence-corrected chi connectivity index (χ2v) is 8.33. The van der Waals surface area contributed by atoms with Crippen LogP contribution in [0.15, 0.2) is 17.4 Å². The molecule has 2 heterocycles. The minimum absolute atomic E-state index is 0.0479. The predicted octanol–water partition coefficient (Wildman–Crippen LogP) is 4.43. The van der Waals surface area contributed by atoms with Crippen molar-refractivity contribution in [3.63, 3.8) is 0 Å². The minimum atomic E-state index is -4.53. The quantitative estimate of drug-likeness (QED) is 0.743. The summed E-state index contributed by atoms with van der Waals surface area (Å²) in [6.07, 6.45) is -0.449. The van der Waals surface area contributed by atoms with Crippen molar-refractivity contribution < 1.29 is 18.0 Å². The van der Waals surface area contributed by atoms with Crippen molar-refractivity contribution in [3.05, 3.63) is 22.8 Å². The monoisotopic (exact) mass is 420 g/mol. The van der Waals surface area contributed by atoms with Crippen molar-refractivity contribution in [1.29, 1.82) is 0 Å². The molecule has 3 rings (SSSR count). The van der Waals surface area contributed by atoms with Gasteiger partial charge in [0.05, 0.1) is 16.3 Å². The Hall–Kier alpha value is -1.48. The van der Waals surface area contributed by atoms with Crippen LogP contribution in [0.2, 0.25) is 5.02 Å². The number of thioether (sulfide) groups is 1. The fourth-order valence-electron chi connectivity index (χ4n) is 3.35. The topological polar surface area (TPSA) is 59.3 Å². The molecule has 0 radical (unpaired) electrons. The van der Waals surface area contributed by atoms with Crippen molar-refractivity contribution in [2.75, 3.05) is 5.75 Å². The maximum Gasteiger partial charge on any atom is 0.417 e.